The lowest BCUT2D eigenvalue weighted by Gasteiger charge is -2.40. The number of nitrogens with one attached hydrogen (secondary N) is 2. The first kappa shape index (κ1) is 19.8. The largest absolute Gasteiger partial charge is 0.491 e. The van der Waals surface area contributed by atoms with Crippen molar-refractivity contribution in [3.8, 4) is 5.75 Å². The van der Waals surface area contributed by atoms with Gasteiger partial charge in [0.05, 0.1) is 24.3 Å². The van der Waals surface area contributed by atoms with Crippen LogP contribution in [-0.2, 0) is 11.3 Å². The van der Waals surface area contributed by atoms with Gasteiger partial charge in [0.2, 0.25) is 0 Å². The number of nitrogens with two attached hydrogens (primary N) is 1. The zero-order valence-corrected chi connectivity index (χ0v) is 18.8. The first-order valence-corrected chi connectivity index (χ1v) is 11.6. The van der Waals surface area contributed by atoms with Crippen LogP contribution in [0.15, 0.2) is 30.3 Å². The van der Waals surface area contributed by atoms with Gasteiger partial charge in [0.1, 0.15) is 27.7 Å². The van der Waals surface area contributed by atoms with Gasteiger partial charge in [-0.2, -0.15) is 5.48 Å². The molecule has 0 unspecified atom stereocenters. The third-order valence-corrected chi connectivity index (χ3v) is 7.79. The van der Waals surface area contributed by atoms with Gasteiger partial charge in [-0.15, -0.1) is 11.3 Å². The smallest absolute Gasteiger partial charge is 0.263 e. The highest BCUT2D eigenvalue weighted by Gasteiger charge is 2.52. The molecule has 166 valence electrons. The molecule has 3 aromatic rings. The number of anilines is 2. The van der Waals surface area contributed by atoms with Crippen LogP contribution in [-0.4, -0.2) is 48.3 Å². The van der Waals surface area contributed by atoms with Gasteiger partial charge in [-0.3, -0.25) is 9.63 Å². The molecule has 5 heterocycles. The predicted octanol–water partition coefficient (Wildman–Crippen LogP) is 2.40. The van der Waals surface area contributed by atoms with Crippen molar-refractivity contribution in [1.82, 2.24) is 15.8 Å². The van der Waals surface area contributed by atoms with E-state index in [9.17, 15) is 4.79 Å². The highest BCUT2D eigenvalue weighted by molar-refractivity contribution is 7.21. The fourth-order valence-electron chi connectivity index (χ4n) is 4.74. The van der Waals surface area contributed by atoms with Gasteiger partial charge in [0, 0.05) is 29.4 Å². The fourth-order valence-corrected chi connectivity index (χ4v) is 5.78. The predicted molar refractivity (Wildman–Crippen MR) is 124 cm³/mol. The Kier molecular flexibility index (Phi) is 4.36. The van der Waals surface area contributed by atoms with Crippen molar-refractivity contribution in [3.05, 3.63) is 46.5 Å². The number of aryl methyl sites for hydroxylation is 1. The van der Waals surface area contributed by atoms with Crippen LogP contribution in [0.4, 0.5) is 11.4 Å². The number of nitrogens with zero attached hydrogens (tertiary/aromatic N) is 2. The molecule has 3 aliphatic heterocycles. The Morgan fingerprint density at radius 3 is 3.00 bits per heavy atom. The number of pyridine rings is 1. The lowest BCUT2D eigenvalue weighted by molar-refractivity contribution is -0.212. The fraction of sp³-hybridized carbons (Fsp3) is 0.391. The summed E-state index contributed by atoms with van der Waals surface area (Å²) in [5.41, 5.74) is 12.8. The summed E-state index contributed by atoms with van der Waals surface area (Å²) in [6, 6.07) is 10.4. The third-order valence-electron chi connectivity index (χ3n) is 6.68. The molecule has 8 nitrogen and oxygen atoms in total. The Bertz CT molecular complexity index is 1240. The van der Waals surface area contributed by atoms with Crippen LogP contribution in [0.1, 0.15) is 27.9 Å². The maximum atomic E-state index is 12.9. The van der Waals surface area contributed by atoms with Gasteiger partial charge in [-0.1, -0.05) is 6.07 Å². The van der Waals surface area contributed by atoms with Crippen LogP contribution in [0, 0.1) is 6.92 Å². The van der Waals surface area contributed by atoms with E-state index in [4.69, 9.17) is 15.3 Å². The van der Waals surface area contributed by atoms with Crippen LogP contribution in [0.2, 0.25) is 0 Å². The van der Waals surface area contributed by atoms with Gasteiger partial charge < -0.3 is 20.7 Å². The number of carbonyl (C=O) groups excluding carboxylic acids is 1. The number of benzene rings is 1. The second-order valence-electron chi connectivity index (χ2n) is 9.09. The van der Waals surface area contributed by atoms with Gasteiger partial charge in [-0.25, -0.2) is 4.98 Å². The molecule has 3 atom stereocenters. The molecule has 3 aliphatic rings. The average molecular weight is 452 g/mol. The molecule has 0 spiro atoms. The number of rotatable bonds is 3. The van der Waals surface area contributed by atoms with Crippen LogP contribution in [0.25, 0.3) is 10.2 Å². The summed E-state index contributed by atoms with van der Waals surface area (Å²) in [5, 5.41) is 3.92. The first-order valence-electron chi connectivity index (χ1n) is 10.8. The number of aromatic nitrogens is 1. The molecule has 0 saturated carbocycles. The van der Waals surface area contributed by atoms with Crippen LogP contribution in [0.3, 0.4) is 0 Å². The maximum Gasteiger partial charge on any atom is 0.263 e. The summed E-state index contributed by atoms with van der Waals surface area (Å²) in [4.78, 5) is 26.6. The van der Waals surface area contributed by atoms with E-state index < -0.39 is 0 Å². The second-order valence-corrected chi connectivity index (χ2v) is 10.1. The van der Waals surface area contributed by atoms with Crippen molar-refractivity contribution in [2.75, 3.05) is 30.3 Å². The molecule has 0 bridgehead atoms. The minimum Gasteiger partial charge on any atom is -0.491 e. The lowest BCUT2D eigenvalue weighted by Crippen LogP contribution is -2.63. The number of hydrogen-bond donors (Lipinski definition) is 3. The lowest BCUT2D eigenvalue weighted by atomic mass is 9.99. The van der Waals surface area contributed by atoms with E-state index in [1.807, 2.05) is 19.1 Å². The maximum absolute atomic E-state index is 12.9. The quantitative estimate of drug-likeness (QED) is 0.562. The number of thiophene rings is 1. The molecule has 32 heavy (non-hydrogen) atoms. The zero-order chi connectivity index (χ0) is 22.0. The standard InChI is InChI=1S/C23H25N5O3S/c1-12-3-6-16-19(24)20(32-22(16)25-12)21(29)26-14-7-13-4-5-15(8-17(13)30-10-14)28-9-18-23(2,11-28)31-27-18/h3-6,8,14,18,27H,7,9-11,24H2,1-2H3,(H,26,29)/t14-,18-,23-/m1/s1. The number of hydrogen-bond acceptors (Lipinski definition) is 8. The van der Waals surface area contributed by atoms with Crippen LogP contribution >= 0.6 is 11.3 Å². The number of carbonyl (C=O) groups is 1. The van der Waals surface area contributed by atoms with Crippen molar-refractivity contribution in [2.24, 2.45) is 0 Å². The Hall–Kier alpha value is -2.88. The van der Waals surface area contributed by atoms with Crippen molar-refractivity contribution >= 4 is 38.8 Å². The number of ether oxygens (including phenoxy) is 1. The Morgan fingerprint density at radius 2 is 2.25 bits per heavy atom. The molecular weight excluding hydrogens is 426 g/mol. The molecule has 2 saturated heterocycles. The third kappa shape index (κ3) is 3.11. The van der Waals surface area contributed by atoms with Crippen LogP contribution < -0.4 is 26.2 Å². The number of nitrogen functional groups attached to an aromatic ring is 1. The molecule has 9 heteroatoms. The minimum absolute atomic E-state index is 0.112. The Labute approximate surface area is 189 Å². The van der Waals surface area contributed by atoms with E-state index in [0.717, 1.165) is 46.0 Å². The molecule has 2 aromatic heterocycles. The Balaban J connectivity index is 1.16. The zero-order valence-electron chi connectivity index (χ0n) is 18.0. The molecule has 0 aliphatic carbocycles. The van der Waals surface area contributed by atoms with Crippen molar-refractivity contribution in [2.45, 2.75) is 38.0 Å². The number of fused-ring (bicyclic) bond motifs is 3. The second kappa shape index (κ2) is 7.06. The summed E-state index contributed by atoms with van der Waals surface area (Å²) in [6.45, 7) is 6.26. The number of hydroxylamine groups is 1. The summed E-state index contributed by atoms with van der Waals surface area (Å²) in [7, 11) is 0. The van der Waals surface area contributed by atoms with Crippen molar-refractivity contribution < 1.29 is 14.4 Å². The molecular formula is C23H25N5O3S. The summed E-state index contributed by atoms with van der Waals surface area (Å²) >= 11 is 1.33. The topological polar surface area (TPSA) is 102 Å². The van der Waals surface area contributed by atoms with Crippen molar-refractivity contribution in [1.29, 1.82) is 0 Å². The van der Waals surface area contributed by atoms with E-state index >= 15 is 0 Å². The normalized spacial score (nSPS) is 26.2. The molecule has 6 rings (SSSR count). The molecule has 1 amide bonds. The monoisotopic (exact) mass is 451 g/mol. The van der Waals surface area contributed by atoms with E-state index in [2.05, 4.69) is 45.8 Å². The van der Waals surface area contributed by atoms with E-state index in [1.54, 1.807) is 0 Å². The van der Waals surface area contributed by atoms with E-state index in [1.165, 1.54) is 11.3 Å². The van der Waals surface area contributed by atoms with Gasteiger partial charge in [0.15, 0.2) is 0 Å². The summed E-state index contributed by atoms with van der Waals surface area (Å²) < 4.78 is 6.04. The SMILES string of the molecule is Cc1ccc2c(N)c(C(=O)N[C@H]3COc4cc(N5C[C@H]6NO[C@]6(C)C5)ccc4C3)sc2n1. The van der Waals surface area contributed by atoms with E-state index in [-0.39, 0.29) is 17.6 Å². The highest BCUT2D eigenvalue weighted by atomic mass is 32.1. The molecule has 0 radical (unpaired) electrons. The summed E-state index contributed by atoms with van der Waals surface area (Å²) in [6.07, 6.45) is 0.717. The van der Waals surface area contributed by atoms with Gasteiger partial charge >= 0.3 is 0 Å². The van der Waals surface area contributed by atoms with Crippen LogP contribution in [0.5, 0.6) is 5.75 Å². The minimum atomic E-state index is -0.176. The van der Waals surface area contributed by atoms with E-state index in [0.29, 0.717) is 29.6 Å². The summed E-state index contributed by atoms with van der Waals surface area (Å²) in [5.74, 6) is 0.706. The average Bonchev–Trinajstić information content (AvgIpc) is 3.22. The molecule has 2 fully saturated rings. The van der Waals surface area contributed by atoms with Gasteiger partial charge in [-0.05, 0) is 44.0 Å². The molecule has 1 aromatic carbocycles. The Morgan fingerprint density at radius 1 is 1.38 bits per heavy atom. The first-order chi connectivity index (χ1) is 15.4. The van der Waals surface area contributed by atoms with Gasteiger partial charge in [0.25, 0.3) is 5.91 Å². The molecule has 4 N–H and O–H groups in total. The van der Waals surface area contributed by atoms with Crippen molar-refractivity contribution in [3.63, 3.8) is 0 Å². The number of amides is 1. The highest BCUT2D eigenvalue weighted by Crippen LogP contribution is 2.37.